The largest absolute Gasteiger partial charge is 0.508 e. The first-order valence-electron chi connectivity index (χ1n) is 5.94. The van der Waals surface area contributed by atoms with Crippen LogP contribution in [0.25, 0.3) is 0 Å². The fourth-order valence-corrected chi connectivity index (χ4v) is 2.24. The number of aryl methyl sites for hydroxylation is 2. The minimum Gasteiger partial charge on any atom is -0.508 e. The quantitative estimate of drug-likeness (QED) is 0.815. The van der Waals surface area contributed by atoms with Crippen LogP contribution in [-0.2, 0) is 0 Å². The summed E-state index contributed by atoms with van der Waals surface area (Å²) >= 11 is 0. The maximum absolute atomic E-state index is 9.82. The smallest absolute Gasteiger partial charge is 0.118 e. The summed E-state index contributed by atoms with van der Waals surface area (Å²) in [6.07, 6.45) is 0. The van der Waals surface area contributed by atoms with Crippen LogP contribution in [-0.4, -0.2) is 5.11 Å². The Kier molecular flexibility index (Phi) is 3.19. The van der Waals surface area contributed by atoms with Gasteiger partial charge < -0.3 is 5.11 Å². The maximum atomic E-state index is 9.82. The Labute approximate surface area is 103 Å². The second kappa shape index (κ2) is 4.62. The van der Waals surface area contributed by atoms with E-state index in [-0.39, 0.29) is 0 Å². The molecule has 0 aliphatic carbocycles. The van der Waals surface area contributed by atoms with Crippen molar-refractivity contribution in [3.8, 4) is 5.75 Å². The lowest BCUT2D eigenvalue weighted by molar-refractivity contribution is 0.470. The Bertz CT molecular complexity index is 515. The molecule has 0 bridgehead atoms. The molecule has 1 N–H and O–H groups in total. The summed E-state index contributed by atoms with van der Waals surface area (Å²) in [5.74, 6) is 0.691. The summed E-state index contributed by atoms with van der Waals surface area (Å²) in [6.45, 7) is 6.20. The van der Waals surface area contributed by atoms with Crippen LogP contribution < -0.4 is 0 Å². The van der Waals surface area contributed by atoms with Gasteiger partial charge in [0.05, 0.1) is 0 Å². The molecule has 0 amide bonds. The molecular weight excluding hydrogens is 208 g/mol. The van der Waals surface area contributed by atoms with E-state index in [2.05, 4.69) is 38.1 Å². The topological polar surface area (TPSA) is 20.2 Å². The third-order valence-electron chi connectivity index (χ3n) is 3.35. The molecule has 0 spiro atoms. The highest BCUT2D eigenvalue weighted by Crippen LogP contribution is 2.31. The minimum absolute atomic E-state index is 0.308. The van der Waals surface area contributed by atoms with Gasteiger partial charge in [0.15, 0.2) is 0 Å². The van der Waals surface area contributed by atoms with Gasteiger partial charge in [-0.15, -0.1) is 0 Å². The molecule has 17 heavy (non-hydrogen) atoms. The number of hydrogen-bond acceptors (Lipinski definition) is 1. The molecule has 2 aromatic rings. The first kappa shape index (κ1) is 11.7. The highest BCUT2D eigenvalue weighted by atomic mass is 16.3. The van der Waals surface area contributed by atoms with E-state index in [0.717, 1.165) is 5.56 Å². The van der Waals surface area contributed by atoms with E-state index in [9.17, 15) is 5.11 Å². The zero-order valence-electron chi connectivity index (χ0n) is 10.6. The lowest BCUT2D eigenvalue weighted by atomic mass is 9.89. The predicted octanol–water partition coefficient (Wildman–Crippen LogP) is 4.16. The number of phenolic OH excluding ortho intramolecular Hbond substituents is 1. The molecule has 1 heteroatoms. The van der Waals surface area contributed by atoms with Crippen LogP contribution in [0.3, 0.4) is 0 Å². The van der Waals surface area contributed by atoms with Gasteiger partial charge in [0, 0.05) is 5.92 Å². The first-order chi connectivity index (χ1) is 8.09. The Hall–Kier alpha value is -1.76. The van der Waals surface area contributed by atoms with E-state index in [0.29, 0.717) is 11.7 Å². The summed E-state index contributed by atoms with van der Waals surface area (Å²) in [5, 5.41) is 9.82. The predicted molar refractivity (Wildman–Crippen MR) is 71.5 cm³/mol. The molecule has 0 aliphatic heterocycles. The third kappa shape index (κ3) is 2.33. The molecule has 0 saturated carbocycles. The molecule has 1 unspecified atom stereocenters. The van der Waals surface area contributed by atoms with Gasteiger partial charge in [0.2, 0.25) is 0 Å². The number of hydrogen-bond donors (Lipinski definition) is 1. The summed E-state index contributed by atoms with van der Waals surface area (Å²) in [4.78, 5) is 0. The minimum atomic E-state index is 0.308. The zero-order chi connectivity index (χ0) is 12.4. The van der Waals surface area contributed by atoms with E-state index < -0.39 is 0 Å². The van der Waals surface area contributed by atoms with Crippen molar-refractivity contribution in [2.45, 2.75) is 26.7 Å². The summed E-state index contributed by atoms with van der Waals surface area (Å²) in [5.41, 5.74) is 4.64. The standard InChI is InChI=1S/C16H18O/c1-11-9-12(2)16(17)10-15(11)13(3)14-7-5-4-6-8-14/h4-10,13,17H,1-3H3. The number of phenols is 1. The average molecular weight is 226 g/mol. The van der Waals surface area contributed by atoms with Crippen molar-refractivity contribution in [1.29, 1.82) is 0 Å². The summed E-state index contributed by atoms with van der Waals surface area (Å²) in [6, 6.07) is 14.3. The van der Waals surface area contributed by atoms with E-state index >= 15 is 0 Å². The molecular formula is C16H18O. The molecule has 0 aliphatic rings. The maximum Gasteiger partial charge on any atom is 0.118 e. The molecule has 2 aromatic carbocycles. The normalized spacial score (nSPS) is 12.4. The Morgan fingerprint density at radius 2 is 1.59 bits per heavy atom. The van der Waals surface area contributed by atoms with Gasteiger partial charge in [-0.05, 0) is 42.2 Å². The number of rotatable bonds is 2. The molecule has 0 fully saturated rings. The lowest BCUT2D eigenvalue weighted by Crippen LogP contribution is -1.99. The zero-order valence-corrected chi connectivity index (χ0v) is 10.6. The monoisotopic (exact) mass is 226 g/mol. The van der Waals surface area contributed by atoms with E-state index in [1.54, 1.807) is 0 Å². The van der Waals surface area contributed by atoms with Crippen LogP contribution >= 0.6 is 0 Å². The molecule has 0 saturated heterocycles. The SMILES string of the molecule is Cc1cc(C)c(C(C)c2ccccc2)cc1O. The van der Waals surface area contributed by atoms with Crippen LogP contribution in [0, 0.1) is 13.8 Å². The van der Waals surface area contributed by atoms with E-state index in [4.69, 9.17) is 0 Å². The fraction of sp³-hybridized carbons (Fsp3) is 0.250. The third-order valence-corrected chi connectivity index (χ3v) is 3.35. The van der Waals surface area contributed by atoms with Crippen LogP contribution in [0.2, 0.25) is 0 Å². The van der Waals surface area contributed by atoms with Gasteiger partial charge in [-0.1, -0.05) is 43.3 Å². The van der Waals surface area contributed by atoms with Crippen LogP contribution in [0.5, 0.6) is 5.75 Å². The molecule has 88 valence electrons. The first-order valence-corrected chi connectivity index (χ1v) is 5.94. The van der Waals surface area contributed by atoms with Crippen LogP contribution in [0.1, 0.15) is 35.1 Å². The lowest BCUT2D eigenvalue weighted by Gasteiger charge is -2.16. The second-order valence-corrected chi connectivity index (χ2v) is 4.63. The van der Waals surface area contributed by atoms with Crippen molar-refractivity contribution in [1.82, 2.24) is 0 Å². The van der Waals surface area contributed by atoms with Crippen molar-refractivity contribution in [3.63, 3.8) is 0 Å². The van der Waals surface area contributed by atoms with Crippen molar-refractivity contribution < 1.29 is 5.11 Å². The van der Waals surface area contributed by atoms with Gasteiger partial charge >= 0.3 is 0 Å². The Morgan fingerprint density at radius 3 is 2.24 bits per heavy atom. The molecule has 0 aromatic heterocycles. The van der Waals surface area contributed by atoms with Crippen LogP contribution in [0.15, 0.2) is 42.5 Å². The van der Waals surface area contributed by atoms with Gasteiger partial charge in [-0.25, -0.2) is 0 Å². The van der Waals surface area contributed by atoms with Crippen molar-refractivity contribution in [2.24, 2.45) is 0 Å². The summed E-state index contributed by atoms with van der Waals surface area (Å²) in [7, 11) is 0. The highest BCUT2D eigenvalue weighted by molar-refractivity contribution is 5.45. The van der Waals surface area contributed by atoms with Crippen LogP contribution in [0.4, 0.5) is 0 Å². The molecule has 0 radical (unpaired) electrons. The van der Waals surface area contributed by atoms with E-state index in [1.165, 1.54) is 16.7 Å². The number of benzene rings is 2. The average Bonchev–Trinajstić information content (AvgIpc) is 2.34. The van der Waals surface area contributed by atoms with Gasteiger partial charge in [0.25, 0.3) is 0 Å². The van der Waals surface area contributed by atoms with Crippen molar-refractivity contribution in [2.75, 3.05) is 0 Å². The highest BCUT2D eigenvalue weighted by Gasteiger charge is 2.12. The van der Waals surface area contributed by atoms with Crippen molar-refractivity contribution in [3.05, 3.63) is 64.7 Å². The molecule has 2 rings (SSSR count). The number of aromatic hydroxyl groups is 1. The second-order valence-electron chi connectivity index (χ2n) is 4.63. The Balaban J connectivity index is 2.44. The molecule has 1 atom stereocenters. The van der Waals surface area contributed by atoms with Crippen molar-refractivity contribution >= 4 is 0 Å². The fourth-order valence-electron chi connectivity index (χ4n) is 2.24. The van der Waals surface area contributed by atoms with E-state index in [1.807, 2.05) is 25.1 Å². The van der Waals surface area contributed by atoms with Gasteiger partial charge in [0.1, 0.15) is 5.75 Å². The molecule has 0 heterocycles. The molecule has 1 nitrogen and oxygen atoms in total. The Morgan fingerprint density at radius 1 is 0.941 bits per heavy atom. The summed E-state index contributed by atoms with van der Waals surface area (Å²) < 4.78 is 0. The van der Waals surface area contributed by atoms with Gasteiger partial charge in [-0.3, -0.25) is 0 Å². The van der Waals surface area contributed by atoms with Gasteiger partial charge in [-0.2, -0.15) is 0 Å².